The molecular formula is C22H38O5. The highest BCUT2D eigenvalue weighted by molar-refractivity contribution is 5.84. The van der Waals surface area contributed by atoms with Crippen molar-refractivity contribution in [3.8, 4) is 0 Å². The molecule has 5 nitrogen and oxygen atoms in total. The fourth-order valence-corrected chi connectivity index (χ4v) is 4.99. The van der Waals surface area contributed by atoms with Crippen molar-refractivity contribution in [2.75, 3.05) is 14.2 Å². The van der Waals surface area contributed by atoms with E-state index in [4.69, 9.17) is 14.2 Å². The molecule has 4 atom stereocenters. The van der Waals surface area contributed by atoms with Gasteiger partial charge in [0, 0.05) is 0 Å². The Kier molecular flexibility index (Phi) is 9.07. The molecule has 2 fully saturated rings. The van der Waals surface area contributed by atoms with E-state index in [2.05, 4.69) is 6.92 Å². The van der Waals surface area contributed by atoms with Gasteiger partial charge in [0.15, 0.2) is 0 Å². The van der Waals surface area contributed by atoms with Crippen molar-refractivity contribution >= 4 is 11.9 Å². The van der Waals surface area contributed by atoms with Crippen LogP contribution < -0.4 is 0 Å². The van der Waals surface area contributed by atoms with Gasteiger partial charge in [-0.2, -0.15) is 0 Å². The molecule has 156 valence electrons. The summed E-state index contributed by atoms with van der Waals surface area (Å²) in [5.74, 6) is -1.72. The number of unbranched alkanes of at least 4 members (excludes halogenated alkanes) is 9. The summed E-state index contributed by atoms with van der Waals surface area (Å²) in [5, 5.41) is 0. The third-order valence-electron chi connectivity index (χ3n) is 6.45. The zero-order valence-corrected chi connectivity index (χ0v) is 17.5. The molecule has 2 aliphatic heterocycles. The van der Waals surface area contributed by atoms with Gasteiger partial charge >= 0.3 is 11.9 Å². The molecule has 0 saturated carbocycles. The minimum atomic E-state index is -0.531. The van der Waals surface area contributed by atoms with Crippen molar-refractivity contribution in [3.63, 3.8) is 0 Å². The van der Waals surface area contributed by atoms with Crippen molar-refractivity contribution in [2.45, 2.75) is 102 Å². The Hall–Kier alpha value is -1.10. The highest BCUT2D eigenvalue weighted by Gasteiger charge is 2.64. The summed E-state index contributed by atoms with van der Waals surface area (Å²) in [6, 6.07) is 0. The smallest absolute Gasteiger partial charge is 0.312 e. The third kappa shape index (κ3) is 5.46. The number of ether oxygens (including phenoxy) is 3. The molecule has 2 rings (SSSR count). The molecule has 2 aliphatic rings. The first-order chi connectivity index (χ1) is 13.1. The van der Waals surface area contributed by atoms with Crippen LogP contribution in [0, 0.1) is 11.8 Å². The molecule has 0 aromatic rings. The SMILES string of the molecule is CCCCCCCCCCCC[C@@]12CC[C@@H](O1)C(C(=O)OC)C2C(=O)OC. The van der Waals surface area contributed by atoms with Crippen LogP contribution in [0.1, 0.15) is 90.4 Å². The highest BCUT2D eigenvalue weighted by Crippen LogP contribution is 2.54. The number of carbonyl (C=O) groups excluding carboxylic acids is 2. The molecule has 0 radical (unpaired) electrons. The fourth-order valence-electron chi connectivity index (χ4n) is 4.99. The average Bonchev–Trinajstić information content (AvgIpc) is 3.24. The number of fused-ring (bicyclic) bond motifs is 2. The van der Waals surface area contributed by atoms with Crippen LogP contribution in [0.2, 0.25) is 0 Å². The molecule has 0 aliphatic carbocycles. The Morgan fingerprint density at radius 1 is 0.889 bits per heavy atom. The van der Waals surface area contributed by atoms with E-state index in [9.17, 15) is 9.59 Å². The Morgan fingerprint density at radius 3 is 2.00 bits per heavy atom. The van der Waals surface area contributed by atoms with Gasteiger partial charge < -0.3 is 14.2 Å². The lowest BCUT2D eigenvalue weighted by Crippen LogP contribution is -2.46. The van der Waals surface area contributed by atoms with Crippen LogP contribution >= 0.6 is 0 Å². The molecule has 5 heteroatoms. The normalized spacial score (nSPS) is 29.1. The van der Waals surface area contributed by atoms with E-state index in [0.717, 1.165) is 32.1 Å². The monoisotopic (exact) mass is 382 g/mol. The molecule has 27 heavy (non-hydrogen) atoms. The van der Waals surface area contributed by atoms with Crippen LogP contribution in [-0.2, 0) is 23.8 Å². The van der Waals surface area contributed by atoms with Gasteiger partial charge in [-0.1, -0.05) is 71.1 Å². The number of carbonyl (C=O) groups is 2. The minimum absolute atomic E-state index is 0.204. The van der Waals surface area contributed by atoms with Gasteiger partial charge in [0.1, 0.15) is 5.92 Å². The first-order valence-electron chi connectivity index (χ1n) is 10.9. The number of rotatable bonds is 13. The van der Waals surface area contributed by atoms with Crippen molar-refractivity contribution in [1.29, 1.82) is 0 Å². The topological polar surface area (TPSA) is 61.8 Å². The van der Waals surface area contributed by atoms with Gasteiger partial charge in [0.2, 0.25) is 0 Å². The van der Waals surface area contributed by atoms with Crippen LogP contribution in [-0.4, -0.2) is 37.9 Å². The molecule has 2 saturated heterocycles. The molecule has 2 heterocycles. The Morgan fingerprint density at radius 2 is 1.44 bits per heavy atom. The average molecular weight is 383 g/mol. The minimum Gasteiger partial charge on any atom is -0.469 e. The van der Waals surface area contributed by atoms with Gasteiger partial charge in [0.25, 0.3) is 0 Å². The van der Waals surface area contributed by atoms with Crippen molar-refractivity contribution in [3.05, 3.63) is 0 Å². The van der Waals surface area contributed by atoms with E-state index in [1.807, 2.05) is 0 Å². The van der Waals surface area contributed by atoms with E-state index < -0.39 is 17.4 Å². The Balaban J connectivity index is 1.75. The number of hydrogen-bond acceptors (Lipinski definition) is 5. The molecule has 0 aromatic heterocycles. The molecule has 0 aromatic carbocycles. The second-order valence-electron chi connectivity index (χ2n) is 8.24. The van der Waals surface area contributed by atoms with E-state index in [-0.39, 0.29) is 18.0 Å². The largest absolute Gasteiger partial charge is 0.469 e. The number of methoxy groups -OCH3 is 2. The lowest BCUT2D eigenvalue weighted by Gasteiger charge is -2.33. The first-order valence-corrected chi connectivity index (χ1v) is 10.9. The fraction of sp³-hybridized carbons (Fsp3) is 0.909. The molecule has 0 spiro atoms. The number of hydrogen-bond donors (Lipinski definition) is 0. The standard InChI is InChI=1S/C22H38O5/c1-4-5-6-7-8-9-10-11-12-13-15-22-16-14-17(27-22)18(20(23)25-2)19(22)21(24)26-3/h17-19H,4-16H2,1-3H3/t17-,18?,19?,22+/m1/s1. The zero-order valence-electron chi connectivity index (χ0n) is 17.5. The summed E-state index contributed by atoms with van der Waals surface area (Å²) in [5.41, 5.74) is -0.531. The Labute approximate surface area is 164 Å². The maximum Gasteiger partial charge on any atom is 0.312 e. The van der Waals surface area contributed by atoms with Crippen LogP contribution in [0.4, 0.5) is 0 Å². The molecule has 2 unspecified atom stereocenters. The highest BCUT2D eigenvalue weighted by atomic mass is 16.6. The summed E-state index contributed by atoms with van der Waals surface area (Å²) in [6.45, 7) is 2.25. The van der Waals surface area contributed by atoms with E-state index in [0.29, 0.717) is 0 Å². The van der Waals surface area contributed by atoms with Gasteiger partial charge in [-0.15, -0.1) is 0 Å². The summed E-state index contributed by atoms with van der Waals surface area (Å²) in [4.78, 5) is 24.6. The molecule has 2 bridgehead atoms. The summed E-state index contributed by atoms with van der Waals surface area (Å²) < 4.78 is 16.2. The molecule has 0 amide bonds. The number of esters is 2. The van der Waals surface area contributed by atoms with Gasteiger partial charge in [-0.25, -0.2) is 0 Å². The van der Waals surface area contributed by atoms with Gasteiger partial charge in [-0.05, 0) is 19.3 Å². The van der Waals surface area contributed by atoms with Crippen molar-refractivity contribution in [2.24, 2.45) is 11.8 Å². The van der Waals surface area contributed by atoms with Crippen LogP contribution in [0.15, 0.2) is 0 Å². The third-order valence-corrected chi connectivity index (χ3v) is 6.45. The van der Waals surface area contributed by atoms with Crippen molar-refractivity contribution < 1.29 is 23.8 Å². The second kappa shape index (κ2) is 11.0. The quantitative estimate of drug-likeness (QED) is 0.338. The van der Waals surface area contributed by atoms with Gasteiger partial charge in [-0.3, -0.25) is 9.59 Å². The van der Waals surface area contributed by atoms with E-state index >= 15 is 0 Å². The second-order valence-corrected chi connectivity index (χ2v) is 8.24. The maximum atomic E-state index is 12.4. The Bertz CT molecular complexity index is 477. The van der Waals surface area contributed by atoms with Gasteiger partial charge in [0.05, 0.1) is 31.8 Å². The molecular weight excluding hydrogens is 344 g/mol. The predicted molar refractivity (Wildman–Crippen MR) is 104 cm³/mol. The predicted octanol–water partition coefficient (Wildman–Crippen LogP) is 4.81. The lowest BCUT2D eigenvalue weighted by atomic mass is 9.69. The van der Waals surface area contributed by atoms with Crippen LogP contribution in [0.25, 0.3) is 0 Å². The van der Waals surface area contributed by atoms with Crippen LogP contribution in [0.3, 0.4) is 0 Å². The van der Waals surface area contributed by atoms with Crippen LogP contribution in [0.5, 0.6) is 0 Å². The first kappa shape index (κ1) is 22.2. The van der Waals surface area contributed by atoms with E-state index in [1.54, 1.807) is 0 Å². The van der Waals surface area contributed by atoms with E-state index in [1.165, 1.54) is 65.6 Å². The zero-order chi connectivity index (χ0) is 19.7. The lowest BCUT2D eigenvalue weighted by molar-refractivity contribution is -0.160. The summed E-state index contributed by atoms with van der Waals surface area (Å²) in [6.07, 6.45) is 15.0. The van der Waals surface area contributed by atoms with Crippen molar-refractivity contribution in [1.82, 2.24) is 0 Å². The maximum absolute atomic E-state index is 12.4. The molecule has 0 N–H and O–H groups in total. The summed E-state index contributed by atoms with van der Waals surface area (Å²) in [7, 11) is 2.76. The summed E-state index contributed by atoms with van der Waals surface area (Å²) >= 11 is 0.